The first-order valence-corrected chi connectivity index (χ1v) is 7.94. The Morgan fingerprint density at radius 1 is 1.40 bits per heavy atom. The number of pyridine rings is 1. The van der Waals surface area contributed by atoms with Crippen LogP contribution in [0, 0.1) is 5.92 Å². The highest BCUT2D eigenvalue weighted by Crippen LogP contribution is 2.27. The van der Waals surface area contributed by atoms with Gasteiger partial charge < -0.3 is 15.0 Å². The van der Waals surface area contributed by atoms with Crippen LogP contribution in [-0.2, 0) is 9.53 Å². The molecular formula is C17H25ClN4O3. The van der Waals surface area contributed by atoms with Crippen LogP contribution in [0.25, 0.3) is 0 Å². The topological polar surface area (TPSA) is 83.9 Å². The monoisotopic (exact) mass is 368 g/mol. The van der Waals surface area contributed by atoms with Crippen LogP contribution in [-0.4, -0.2) is 60.4 Å². The van der Waals surface area contributed by atoms with Gasteiger partial charge in [-0.1, -0.05) is 13.8 Å². The first-order chi connectivity index (χ1) is 11.3. The van der Waals surface area contributed by atoms with E-state index in [1.165, 1.54) is 0 Å². The minimum Gasteiger partial charge on any atom is -0.461 e. The van der Waals surface area contributed by atoms with Gasteiger partial charge in [-0.2, -0.15) is 0 Å². The Morgan fingerprint density at radius 3 is 2.64 bits per heavy atom. The molecule has 0 bridgehead atoms. The van der Waals surface area contributed by atoms with Crippen molar-refractivity contribution in [3.63, 3.8) is 0 Å². The van der Waals surface area contributed by atoms with Gasteiger partial charge in [0, 0.05) is 12.7 Å². The Kier molecular flexibility index (Phi) is 7.07. The SMILES string of the molecule is CC(C)C1(C)N=C(c2ncccc2C(=O)OCCN(C)C)NC1=O.Cl. The predicted octanol–water partition coefficient (Wildman–Crippen LogP) is 1.51. The van der Waals surface area contributed by atoms with Gasteiger partial charge in [0.1, 0.15) is 17.8 Å². The van der Waals surface area contributed by atoms with Gasteiger partial charge >= 0.3 is 5.97 Å². The van der Waals surface area contributed by atoms with Crippen molar-refractivity contribution >= 4 is 30.1 Å². The van der Waals surface area contributed by atoms with E-state index in [2.05, 4.69) is 15.3 Å². The van der Waals surface area contributed by atoms with Gasteiger partial charge in [-0.25, -0.2) is 9.79 Å². The second kappa shape index (κ2) is 8.40. The summed E-state index contributed by atoms with van der Waals surface area (Å²) in [4.78, 5) is 35.3. The molecule has 0 radical (unpaired) electrons. The molecular weight excluding hydrogens is 344 g/mol. The number of carbonyl (C=O) groups is 2. The Balaban J connectivity index is 0.00000312. The highest BCUT2D eigenvalue weighted by Gasteiger charge is 2.43. The van der Waals surface area contributed by atoms with Crippen LogP contribution in [0.2, 0.25) is 0 Å². The molecule has 1 amide bonds. The molecule has 1 atom stereocenters. The summed E-state index contributed by atoms with van der Waals surface area (Å²) in [7, 11) is 3.80. The zero-order chi connectivity index (χ0) is 17.9. The third-order valence-corrected chi connectivity index (χ3v) is 4.18. The molecule has 1 unspecified atom stereocenters. The maximum atomic E-state index is 12.3. The number of esters is 1. The molecule has 0 aliphatic carbocycles. The molecule has 7 nitrogen and oxygen atoms in total. The van der Waals surface area contributed by atoms with E-state index in [1.54, 1.807) is 25.3 Å². The lowest BCUT2D eigenvalue weighted by Crippen LogP contribution is -2.41. The maximum Gasteiger partial charge on any atom is 0.340 e. The molecule has 0 saturated carbocycles. The molecule has 25 heavy (non-hydrogen) atoms. The standard InChI is InChI=1S/C17H24N4O3.ClH/c1-11(2)17(3)16(23)19-14(20-17)13-12(7-6-8-18-13)15(22)24-10-9-21(4)5;/h6-8,11H,9-10H2,1-5H3,(H,19,20,23);1H. The van der Waals surface area contributed by atoms with Crippen molar-refractivity contribution in [2.24, 2.45) is 10.9 Å². The fourth-order valence-corrected chi connectivity index (χ4v) is 2.21. The average Bonchev–Trinajstić information content (AvgIpc) is 2.83. The fourth-order valence-electron chi connectivity index (χ4n) is 2.21. The quantitative estimate of drug-likeness (QED) is 0.769. The molecule has 1 aromatic heterocycles. The number of rotatable bonds is 6. The van der Waals surface area contributed by atoms with Gasteiger partial charge in [-0.3, -0.25) is 9.78 Å². The van der Waals surface area contributed by atoms with Crippen molar-refractivity contribution < 1.29 is 14.3 Å². The van der Waals surface area contributed by atoms with E-state index in [-0.39, 0.29) is 30.8 Å². The Hall–Kier alpha value is -1.99. The number of amides is 1. The molecule has 1 N–H and O–H groups in total. The first kappa shape index (κ1) is 21.1. The number of likely N-dealkylation sites (N-methyl/N-ethyl adjacent to an activating group) is 1. The summed E-state index contributed by atoms with van der Waals surface area (Å²) in [6, 6.07) is 3.28. The Labute approximate surface area is 154 Å². The van der Waals surface area contributed by atoms with Crippen molar-refractivity contribution in [2.45, 2.75) is 26.3 Å². The molecule has 8 heteroatoms. The van der Waals surface area contributed by atoms with E-state index < -0.39 is 11.5 Å². The van der Waals surface area contributed by atoms with E-state index in [4.69, 9.17) is 4.74 Å². The van der Waals surface area contributed by atoms with E-state index in [1.807, 2.05) is 32.8 Å². The van der Waals surface area contributed by atoms with Gasteiger partial charge in [-0.15, -0.1) is 12.4 Å². The third kappa shape index (κ3) is 4.55. The predicted molar refractivity (Wildman–Crippen MR) is 98.2 cm³/mol. The average molecular weight is 369 g/mol. The molecule has 1 aliphatic heterocycles. The number of aromatic nitrogens is 1. The van der Waals surface area contributed by atoms with Crippen molar-refractivity contribution in [3.8, 4) is 0 Å². The van der Waals surface area contributed by atoms with E-state index in [0.717, 1.165) is 0 Å². The summed E-state index contributed by atoms with van der Waals surface area (Å²) in [5, 5.41) is 2.74. The van der Waals surface area contributed by atoms with Crippen LogP contribution < -0.4 is 5.32 Å². The fraction of sp³-hybridized carbons (Fsp3) is 0.529. The van der Waals surface area contributed by atoms with Gasteiger partial charge in [0.2, 0.25) is 0 Å². The second-order valence-corrected chi connectivity index (χ2v) is 6.56. The van der Waals surface area contributed by atoms with Gasteiger partial charge in [0.25, 0.3) is 5.91 Å². The lowest BCUT2D eigenvalue weighted by molar-refractivity contribution is -0.124. The molecule has 0 spiro atoms. The molecule has 0 saturated heterocycles. The van der Waals surface area contributed by atoms with Crippen LogP contribution in [0.4, 0.5) is 0 Å². The van der Waals surface area contributed by atoms with E-state index in [9.17, 15) is 9.59 Å². The number of carbonyl (C=O) groups excluding carboxylic acids is 2. The zero-order valence-electron chi connectivity index (χ0n) is 15.2. The molecule has 138 valence electrons. The van der Waals surface area contributed by atoms with Crippen LogP contribution in [0.15, 0.2) is 23.3 Å². The summed E-state index contributed by atoms with van der Waals surface area (Å²) >= 11 is 0. The van der Waals surface area contributed by atoms with Crippen molar-refractivity contribution in [1.82, 2.24) is 15.2 Å². The van der Waals surface area contributed by atoms with Gasteiger partial charge in [0.05, 0.1) is 5.56 Å². The van der Waals surface area contributed by atoms with Crippen LogP contribution in [0.3, 0.4) is 0 Å². The Bertz CT molecular complexity index is 676. The van der Waals surface area contributed by atoms with Crippen molar-refractivity contribution in [1.29, 1.82) is 0 Å². The summed E-state index contributed by atoms with van der Waals surface area (Å²) in [6.45, 7) is 6.55. The minimum absolute atomic E-state index is 0. The van der Waals surface area contributed by atoms with Crippen LogP contribution in [0.1, 0.15) is 36.8 Å². The van der Waals surface area contributed by atoms with Crippen LogP contribution in [0.5, 0.6) is 0 Å². The lowest BCUT2D eigenvalue weighted by atomic mass is 9.89. The number of nitrogens with one attached hydrogen (secondary N) is 1. The van der Waals surface area contributed by atoms with Crippen LogP contribution >= 0.6 is 12.4 Å². The number of amidine groups is 1. The minimum atomic E-state index is -0.862. The Morgan fingerprint density at radius 2 is 2.08 bits per heavy atom. The highest BCUT2D eigenvalue weighted by molar-refractivity contribution is 6.17. The molecule has 1 aliphatic rings. The normalized spacial score (nSPS) is 19.5. The van der Waals surface area contributed by atoms with E-state index >= 15 is 0 Å². The molecule has 0 fully saturated rings. The number of aliphatic imine (C=N–C) groups is 1. The number of ether oxygens (including phenoxy) is 1. The largest absolute Gasteiger partial charge is 0.461 e. The lowest BCUT2D eigenvalue weighted by Gasteiger charge is -2.21. The highest BCUT2D eigenvalue weighted by atomic mass is 35.5. The summed E-state index contributed by atoms with van der Waals surface area (Å²) in [5.41, 5.74) is -0.229. The molecule has 0 aromatic carbocycles. The number of hydrogen-bond donors (Lipinski definition) is 1. The number of hydrogen-bond acceptors (Lipinski definition) is 6. The molecule has 1 aromatic rings. The summed E-state index contributed by atoms with van der Waals surface area (Å²) < 4.78 is 5.28. The summed E-state index contributed by atoms with van der Waals surface area (Å²) in [6.07, 6.45) is 1.56. The zero-order valence-corrected chi connectivity index (χ0v) is 16.0. The summed E-state index contributed by atoms with van der Waals surface area (Å²) in [5.74, 6) is -0.328. The van der Waals surface area contributed by atoms with Gasteiger partial charge in [0.15, 0.2) is 5.84 Å². The third-order valence-electron chi connectivity index (χ3n) is 4.18. The van der Waals surface area contributed by atoms with Crippen molar-refractivity contribution in [2.75, 3.05) is 27.2 Å². The molecule has 2 rings (SSSR count). The maximum absolute atomic E-state index is 12.3. The van der Waals surface area contributed by atoms with E-state index in [0.29, 0.717) is 23.6 Å². The second-order valence-electron chi connectivity index (χ2n) is 6.56. The molecule has 2 heterocycles. The number of halogens is 1. The smallest absolute Gasteiger partial charge is 0.340 e. The number of nitrogens with zero attached hydrogens (tertiary/aromatic N) is 3. The van der Waals surface area contributed by atoms with Crippen molar-refractivity contribution in [3.05, 3.63) is 29.6 Å². The van der Waals surface area contributed by atoms with Gasteiger partial charge in [-0.05, 0) is 39.1 Å². The first-order valence-electron chi connectivity index (χ1n) is 7.94.